The summed E-state index contributed by atoms with van der Waals surface area (Å²) in [5.74, 6) is 0.423. The first kappa shape index (κ1) is 16.0. The summed E-state index contributed by atoms with van der Waals surface area (Å²) in [5, 5.41) is 2.71. The number of alkyl halides is 3. The van der Waals surface area contributed by atoms with Crippen molar-refractivity contribution in [2.24, 2.45) is 5.92 Å². The van der Waals surface area contributed by atoms with Gasteiger partial charge in [-0.15, -0.1) is 0 Å². The lowest BCUT2D eigenvalue weighted by Crippen LogP contribution is -2.40. The van der Waals surface area contributed by atoms with Crippen LogP contribution in [0.25, 0.3) is 0 Å². The Hall–Kier alpha value is -1.03. The molecule has 0 bridgehead atoms. The van der Waals surface area contributed by atoms with Crippen LogP contribution in [0.15, 0.2) is 30.3 Å². The summed E-state index contributed by atoms with van der Waals surface area (Å²) in [4.78, 5) is 0. The Morgan fingerprint density at radius 3 is 2.16 bits per heavy atom. The summed E-state index contributed by atoms with van der Waals surface area (Å²) < 4.78 is 39.4. The molecule has 1 aromatic carbocycles. The second-order valence-electron chi connectivity index (χ2n) is 5.20. The summed E-state index contributed by atoms with van der Waals surface area (Å²) in [6.07, 6.45) is -2.55. The SMILES string of the molecule is CCC(C)CC(C)NC(c1ccccc1)C(F)(F)F. The molecular weight excluding hydrogens is 251 g/mol. The smallest absolute Gasteiger partial charge is 0.300 e. The highest BCUT2D eigenvalue weighted by Crippen LogP contribution is 2.33. The zero-order valence-electron chi connectivity index (χ0n) is 11.7. The molecule has 1 aromatic rings. The average molecular weight is 273 g/mol. The molecule has 1 rings (SSSR count). The largest absolute Gasteiger partial charge is 0.407 e. The minimum absolute atomic E-state index is 0.165. The van der Waals surface area contributed by atoms with Gasteiger partial charge in [0.2, 0.25) is 0 Å². The lowest BCUT2D eigenvalue weighted by atomic mass is 9.98. The van der Waals surface area contributed by atoms with Crippen LogP contribution in [-0.2, 0) is 0 Å². The van der Waals surface area contributed by atoms with Gasteiger partial charge >= 0.3 is 6.18 Å². The molecule has 19 heavy (non-hydrogen) atoms. The van der Waals surface area contributed by atoms with Crippen molar-refractivity contribution >= 4 is 0 Å². The van der Waals surface area contributed by atoms with E-state index in [1.165, 1.54) is 12.1 Å². The maximum atomic E-state index is 13.1. The van der Waals surface area contributed by atoms with E-state index in [0.717, 1.165) is 12.8 Å². The van der Waals surface area contributed by atoms with Crippen LogP contribution in [0.3, 0.4) is 0 Å². The van der Waals surface area contributed by atoms with Gasteiger partial charge in [0.25, 0.3) is 0 Å². The number of nitrogens with one attached hydrogen (secondary N) is 1. The quantitative estimate of drug-likeness (QED) is 0.792. The standard InChI is InChI=1S/C15H22F3N/c1-4-11(2)10-12(3)19-14(15(16,17)18)13-8-6-5-7-9-13/h5-9,11-12,14,19H,4,10H2,1-3H3. The van der Waals surface area contributed by atoms with Crippen LogP contribution in [0.5, 0.6) is 0 Å². The van der Waals surface area contributed by atoms with E-state index in [0.29, 0.717) is 5.92 Å². The lowest BCUT2D eigenvalue weighted by molar-refractivity contribution is -0.159. The van der Waals surface area contributed by atoms with Crippen molar-refractivity contribution in [1.29, 1.82) is 0 Å². The van der Waals surface area contributed by atoms with Crippen molar-refractivity contribution in [2.45, 2.75) is 51.9 Å². The molecule has 3 unspecified atom stereocenters. The van der Waals surface area contributed by atoms with E-state index in [4.69, 9.17) is 0 Å². The third-order valence-electron chi connectivity index (χ3n) is 3.36. The van der Waals surface area contributed by atoms with Gasteiger partial charge in [-0.25, -0.2) is 0 Å². The van der Waals surface area contributed by atoms with Gasteiger partial charge in [-0.1, -0.05) is 50.6 Å². The molecule has 3 atom stereocenters. The molecule has 0 fully saturated rings. The van der Waals surface area contributed by atoms with Crippen molar-refractivity contribution in [3.8, 4) is 0 Å². The van der Waals surface area contributed by atoms with Crippen LogP contribution in [0.2, 0.25) is 0 Å². The monoisotopic (exact) mass is 273 g/mol. The zero-order valence-corrected chi connectivity index (χ0v) is 11.7. The second-order valence-corrected chi connectivity index (χ2v) is 5.20. The molecular formula is C15H22F3N. The maximum absolute atomic E-state index is 13.1. The first-order valence-electron chi connectivity index (χ1n) is 6.72. The number of rotatable bonds is 6. The zero-order chi connectivity index (χ0) is 14.5. The summed E-state index contributed by atoms with van der Waals surface area (Å²) in [7, 11) is 0. The molecule has 1 nitrogen and oxygen atoms in total. The third-order valence-corrected chi connectivity index (χ3v) is 3.36. The molecule has 0 heterocycles. The van der Waals surface area contributed by atoms with Gasteiger partial charge in [0.05, 0.1) is 0 Å². The Balaban J connectivity index is 2.77. The molecule has 0 saturated heterocycles. The molecule has 0 radical (unpaired) electrons. The van der Waals surface area contributed by atoms with E-state index >= 15 is 0 Å². The molecule has 0 spiro atoms. The van der Waals surface area contributed by atoms with Gasteiger partial charge in [0, 0.05) is 6.04 Å². The van der Waals surface area contributed by atoms with Crippen molar-refractivity contribution < 1.29 is 13.2 Å². The van der Waals surface area contributed by atoms with Crippen LogP contribution in [-0.4, -0.2) is 12.2 Å². The predicted octanol–water partition coefficient (Wildman–Crippen LogP) is 4.70. The second kappa shape index (κ2) is 6.94. The van der Waals surface area contributed by atoms with Crippen LogP contribution >= 0.6 is 0 Å². The van der Waals surface area contributed by atoms with E-state index in [9.17, 15) is 13.2 Å². The minimum atomic E-state index is -4.27. The Kier molecular flexibility index (Phi) is 5.85. The van der Waals surface area contributed by atoms with Crippen LogP contribution in [0, 0.1) is 5.92 Å². The van der Waals surface area contributed by atoms with E-state index in [-0.39, 0.29) is 11.6 Å². The minimum Gasteiger partial charge on any atom is -0.300 e. The molecule has 0 aromatic heterocycles. The average Bonchev–Trinajstić information content (AvgIpc) is 2.35. The summed E-state index contributed by atoms with van der Waals surface area (Å²) in [6.45, 7) is 5.92. The number of hydrogen-bond donors (Lipinski definition) is 1. The number of halogens is 3. The summed E-state index contributed by atoms with van der Waals surface area (Å²) >= 11 is 0. The van der Waals surface area contributed by atoms with Crippen molar-refractivity contribution in [1.82, 2.24) is 5.32 Å². The lowest BCUT2D eigenvalue weighted by Gasteiger charge is -2.27. The van der Waals surface area contributed by atoms with Crippen LogP contribution in [0.4, 0.5) is 13.2 Å². The van der Waals surface area contributed by atoms with Gasteiger partial charge < -0.3 is 0 Å². The molecule has 0 aliphatic carbocycles. The molecule has 4 heteroatoms. The van der Waals surface area contributed by atoms with Crippen LogP contribution in [0.1, 0.15) is 45.2 Å². The normalized spacial score (nSPS) is 16.9. The van der Waals surface area contributed by atoms with E-state index < -0.39 is 12.2 Å². The van der Waals surface area contributed by atoms with Crippen molar-refractivity contribution in [2.75, 3.05) is 0 Å². The van der Waals surface area contributed by atoms with Crippen molar-refractivity contribution in [3.63, 3.8) is 0 Å². The van der Waals surface area contributed by atoms with Gasteiger partial charge in [-0.3, -0.25) is 5.32 Å². The van der Waals surface area contributed by atoms with Crippen LogP contribution < -0.4 is 5.32 Å². The highest BCUT2D eigenvalue weighted by molar-refractivity contribution is 5.20. The molecule has 0 amide bonds. The Morgan fingerprint density at radius 1 is 1.11 bits per heavy atom. The number of hydrogen-bond acceptors (Lipinski definition) is 1. The van der Waals surface area contributed by atoms with Gasteiger partial charge in [0.1, 0.15) is 6.04 Å². The van der Waals surface area contributed by atoms with Gasteiger partial charge in [0.15, 0.2) is 0 Å². The highest BCUT2D eigenvalue weighted by atomic mass is 19.4. The fourth-order valence-corrected chi connectivity index (χ4v) is 2.15. The first-order chi connectivity index (χ1) is 8.84. The molecule has 0 aliphatic heterocycles. The van der Waals surface area contributed by atoms with Gasteiger partial charge in [-0.2, -0.15) is 13.2 Å². The summed E-state index contributed by atoms with van der Waals surface area (Å²) in [5.41, 5.74) is 0.269. The predicted molar refractivity (Wildman–Crippen MR) is 71.9 cm³/mol. The Morgan fingerprint density at radius 2 is 1.68 bits per heavy atom. The van der Waals surface area contributed by atoms with E-state index in [1.807, 2.05) is 6.92 Å². The first-order valence-corrected chi connectivity index (χ1v) is 6.72. The molecule has 0 aliphatic rings. The fourth-order valence-electron chi connectivity index (χ4n) is 2.15. The third kappa shape index (κ3) is 5.23. The number of benzene rings is 1. The fraction of sp³-hybridized carbons (Fsp3) is 0.600. The van der Waals surface area contributed by atoms with E-state index in [1.54, 1.807) is 18.2 Å². The highest BCUT2D eigenvalue weighted by Gasteiger charge is 2.41. The molecule has 0 saturated carbocycles. The van der Waals surface area contributed by atoms with E-state index in [2.05, 4.69) is 19.2 Å². The Labute approximate surface area is 113 Å². The molecule has 108 valence electrons. The van der Waals surface area contributed by atoms with Crippen molar-refractivity contribution in [3.05, 3.63) is 35.9 Å². The summed E-state index contributed by atoms with van der Waals surface area (Å²) in [6, 6.07) is 6.26. The maximum Gasteiger partial charge on any atom is 0.407 e. The topological polar surface area (TPSA) is 12.0 Å². The molecule has 1 N–H and O–H groups in total. The van der Waals surface area contributed by atoms with Gasteiger partial charge in [-0.05, 0) is 24.8 Å². The Bertz CT molecular complexity index is 361.